The van der Waals surface area contributed by atoms with Gasteiger partial charge in [0, 0.05) is 5.57 Å². The third-order valence-electron chi connectivity index (χ3n) is 1.45. The minimum absolute atomic E-state index is 0.172. The molecule has 0 aliphatic heterocycles. The van der Waals surface area contributed by atoms with Gasteiger partial charge in [-0.2, -0.15) is 0 Å². The standard InChI is InChI=1S/C10H18O2/c1-5-9(7-8(3)4)10(11)12-6-2/h7-8H,5-6H2,1-4H3/b9-7-. The molecule has 0 saturated heterocycles. The summed E-state index contributed by atoms with van der Waals surface area (Å²) in [7, 11) is 0. The second-order valence-electron chi connectivity index (χ2n) is 3.01. The van der Waals surface area contributed by atoms with Crippen molar-refractivity contribution in [2.75, 3.05) is 6.61 Å². The van der Waals surface area contributed by atoms with E-state index in [1.165, 1.54) is 0 Å². The summed E-state index contributed by atoms with van der Waals surface area (Å²) in [5.74, 6) is 0.234. The molecule has 0 radical (unpaired) electrons. The van der Waals surface area contributed by atoms with E-state index in [0.29, 0.717) is 12.5 Å². The van der Waals surface area contributed by atoms with Crippen molar-refractivity contribution in [3.05, 3.63) is 11.6 Å². The first kappa shape index (κ1) is 11.2. The van der Waals surface area contributed by atoms with E-state index in [1.54, 1.807) is 0 Å². The summed E-state index contributed by atoms with van der Waals surface area (Å²) in [6.07, 6.45) is 2.70. The largest absolute Gasteiger partial charge is 0.463 e. The van der Waals surface area contributed by atoms with E-state index < -0.39 is 0 Å². The predicted octanol–water partition coefficient (Wildman–Crippen LogP) is 2.54. The average Bonchev–Trinajstić information content (AvgIpc) is 2.00. The third kappa shape index (κ3) is 4.16. The molecule has 0 aliphatic carbocycles. The van der Waals surface area contributed by atoms with E-state index in [0.717, 1.165) is 12.0 Å². The predicted molar refractivity (Wildman–Crippen MR) is 49.8 cm³/mol. The molecule has 0 aromatic heterocycles. The molecule has 0 aliphatic rings. The summed E-state index contributed by atoms with van der Waals surface area (Å²) in [6.45, 7) is 8.34. The fraction of sp³-hybridized carbons (Fsp3) is 0.700. The molecule has 0 atom stereocenters. The number of rotatable bonds is 4. The Labute approximate surface area is 74.6 Å². The van der Waals surface area contributed by atoms with Gasteiger partial charge in [0.05, 0.1) is 6.61 Å². The molecule has 0 heterocycles. The van der Waals surface area contributed by atoms with Crippen molar-refractivity contribution in [1.29, 1.82) is 0 Å². The Morgan fingerprint density at radius 2 is 2.00 bits per heavy atom. The summed E-state index contributed by atoms with van der Waals surface area (Å²) >= 11 is 0. The molecule has 70 valence electrons. The van der Waals surface area contributed by atoms with Crippen LogP contribution in [0.4, 0.5) is 0 Å². The zero-order valence-corrected chi connectivity index (χ0v) is 8.39. The maximum atomic E-state index is 11.2. The number of carbonyl (C=O) groups excluding carboxylic acids is 1. The van der Waals surface area contributed by atoms with Gasteiger partial charge >= 0.3 is 5.97 Å². The van der Waals surface area contributed by atoms with E-state index in [-0.39, 0.29) is 5.97 Å². The maximum Gasteiger partial charge on any atom is 0.333 e. The van der Waals surface area contributed by atoms with Crippen LogP contribution in [0.5, 0.6) is 0 Å². The minimum atomic E-state index is -0.172. The van der Waals surface area contributed by atoms with Crippen molar-refractivity contribution >= 4 is 5.97 Å². The highest BCUT2D eigenvalue weighted by Crippen LogP contribution is 2.08. The molecule has 2 heteroatoms. The zero-order valence-electron chi connectivity index (χ0n) is 8.39. The van der Waals surface area contributed by atoms with Gasteiger partial charge in [-0.05, 0) is 19.3 Å². The number of allylic oxidation sites excluding steroid dienone is 1. The van der Waals surface area contributed by atoms with Gasteiger partial charge in [-0.15, -0.1) is 0 Å². The molecule has 0 N–H and O–H groups in total. The summed E-state index contributed by atoms with van der Waals surface area (Å²) < 4.78 is 4.89. The van der Waals surface area contributed by atoms with Crippen LogP contribution in [0, 0.1) is 5.92 Å². The van der Waals surface area contributed by atoms with E-state index in [9.17, 15) is 4.79 Å². The Morgan fingerprint density at radius 1 is 1.42 bits per heavy atom. The molecule has 2 nitrogen and oxygen atoms in total. The normalized spacial score (nSPS) is 11.9. The van der Waals surface area contributed by atoms with E-state index in [4.69, 9.17) is 4.74 Å². The Hall–Kier alpha value is -0.790. The van der Waals surface area contributed by atoms with E-state index in [2.05, 4.69) is 13.8 Å². The van der Waals surface area contributed by atoms with Crippen LogP contribution in [0.15, 0.2) is 11.6 Å². The molecule has 0 aromatic carbocycles. The number of hydrogen-bond acceptors (Lipinski definition) is 2. The van der Waals surface area contributed by atoms with Gasteiger partial charge in [-0.1, -0.05) is 26.8 Å². The Kier molecular flexibility index (Phi) is 5.43. The first-order chi connectivity index (χ1) is 5.61. The van der Waals surface area contributed by atoms with Crippen molar-refractivity contribution in [3.8, 4) is 0 Å². The van der Waals surface area contributed by atoms with Crippen molar-refractivity contribution in [3.63, 3.8) is 0 Å². The fourth-order valence-electron chi connectivity index (χ4n) is 0.956. The Balaban J connectivity index is 4.23. The SMILES string of the molecule is CCOC(=O)/C(=C\C(C)C)CC. The fourth-order valence-corrected chi connectivity index (χ4v) is 0.956. The highest BCUT2D eigenvalue weighted by Gasteiger charge is 2.07. The molecular formula is C10H18O2. The molecule has 0 aromatic rings. The van der Waals surface area contributed by atoms with Gasteiger partial charge in [-0.3, -0.25) is 0 Å². The van der Waals surface area contributed by atoms with Crippen LogP contribution in [0.25, 0.3) is 0 Å². The lowest BCUT2D eigenvalue weighted by Crippen LogP contribution is -2.07. The molecule has 0 spiro atoms. The quantitative estimate of drug-likeness (QED) is 0.478. The second kappa shape index (κ2) is 5.81. The lowest BCUT2D eigenvalue weighted by atomic mass is 10.1. The van der Waals surface area contributed by atoms with E-state index in [1.807, 2.05) is 19.9 Å². The Morgan fingerprint density at radius 3 is 2.33 bits per heavy atom. The van der Waals surface area contributed by atoms with Crippen LogP contribution >= 0.6 is 0 Å². The topological polar surface area (TPSA) is 26.3 Å². The van der Waals surface area contributed by atoms with Gasteiger partial charge in [0.25, 0.3) is 0 Å². The number of ether oxygens (including phenoxy) is 1. The first-order valence-electron chi connectivity index (χ1n) is 4.49. The summed E-state index contributed by atoms with van der Waals surface area (Å²) in [5, 5.41) is 0. The molecule has 12 heavy (non-hydrogen) atoms. The van der Waals surface area contributed by atoms with Gasteiger partial charge < -0.3 is 4.74 Å². The molecule has 0 amide bonds. The van der Waals surface area contributed by atoms with Gasteiger partial charge in [-0.25, -0.2) is 4.79 Å². The van der Waals surface area contributed by atoms with Gasteiger partial charge in [0.1, 0.15) is 0 Å². The summed E-state index contributed by atoms with van der Waals surface area (Å²) in [4.78, 5) is 11.2. The molecular weight excluding hydrogens is 152 g/mol. The lowest BCUT2D eigenvalue weighted by molar-refractivity contribution is -0.138. The van der Waals surface area contributed by atoms with E-state index >= 15 is 0 Å². The number of esters is 1. The minimum Gasteiger partial charge on any atom is -0.463 e. The highest BCUT2D eigenvalue weighted by atomic mass is 16.5. The Bertz CT molecular complexity index is 169. The van der Waals surface area contributed by atoms with Crippen LogP contribution < -0.4 is 0 Å². The van der Waals surface area contributed by atoms with Crippen LogP contribution in [0.2, 0.25) is 0 Å². The average molecular weight is 170 g/mol. The zero-order chi connectivity index (χ0) is 9.56. The number of carbonyl (C=O) groups is 1. The molecule has 0 rings (SSSR count). The monoisotopic (exact) mass is 170 g/mol. The summed E-state index contributed by atoms with van der Waals surface area (Å²) in [6, 6.07) is 0. The molecule has 0 bridgehead atoms. The van der Waals surface area contributed by atoms with Crippen LogP contribution in [-0.4, -0.2) is 12.6 Å². The molecule has 0 saturated carbocycles. The third-order valence-corrected chi connectivity index (χ3v) is 1.45. The second-order valence-corrected chi connectivity index (χ2v) is 3.01. The smallest absolute Gasteiger partial charge is 0.333 e. The molecule has 0 unspecified atom stereocenters. The maximum absolute atomic E-state index is 11.2. The van der Waals surface area contributed by atoms with Crippen molar-refractivity contribution < 1.29 is 9.53 Å². The van der Waals surface area contributed by atoms with Crippen LogP contribution in [0.1, 0.15) is 34.1 Å². The number of hydrogen-bond donors (Lipinski definition) is 0. The molecule has 0 fully saturated rings. The first-order valence-corrected chi connectivity index (χ1v) is 4.49. The van der Waals surface area contributed by atoms with Gasteiger partial charge in [0.15, 0.2) is 0 Å². The van der Waals surface area contributed by atoms with Crippen molar-refractivity contribution in [2.45, 2.75) is 34.1 Å². The van der Waals surface area contributed by atoms with Crippen molar-refractivity contribution in [2.24, 2.45) is 5.92 Å². The van der Waals surface area contributed by atoms with Crippen LogP contribution in [0.3, 0.4) is 0 Å². The van der Waals surface area contributed by atoms with Gasteiger partial charge in [0.2, 0.25) is 0 Å². The lowest BCUT2D eigenvalue weighted by Gasteiger charge is -2.05. The summed E-state index contributed by atoms with van der Waals surface area (Å²) in [5.41, 5.74) is 0.784. The van der Waals surface area contributed by atoms with Crippen molar-refractivity contribution in [1.82, 2.24) is 0 Å². The highest BCUT2D eigenvalue weighted by molar-refractivity contribution is 5.88. The van der Waals surface area contributed by atoms with Crippen LogP contribution in [-0.2, 0) is 9.53 Å².